The summed E-state index contributed by atoms with van der Waals surface area (Å²) in [4.78, 5) is 23.5. The molecule has 0 radical (unpaired) electrons. The fourth-order valence-corrected chi connectivity index (χ4v) is 2.24. The average molecular weight is 380 g/mol. The molecule has 0 fully saturated rings. The van der Waals surface area contributed by atoms with Crippen molar-refractivity contribution < 1.29 is 18.8 Å². The van der Waals surface area contributed by atoms with E-state index < -0.39 is 11.7 Å². The maximum atomic E-state index is 12.1. The molecule has 0 saturated carbocycles. The van der Waals surface area contributed by atoms with Crippen molar-refractivity contribution in [2.75, 3.05) is 13.1 Å². The number of carbonyl (C=O) groups excluding carboxylic acids is 2. The zero-order valence-electron chi connectivity index (χ0n) is 15.0. The molecule has 1 aromatic carbocycles. The summed E-state index contributed by atoms with van der Waals surface area (Å²) < 4.78 is 10.2. The normalized spacial score (nSPS) is 11.1. The zero-order chi connectivity index (χ0) is 19.2. The number of nitrogens with zero attached hydrogens (tertiary/aromatic N) is 1. The van der Waals surface area contributed by atoms with Crippen LogP contribution in [0.15, 0.2) is 34.9 Å². The number of rotatable bonds is 6. The van der Waals surface area contributed by atoms with Crippen molar-refractivity contribution in [1.82, 2.24) is 15.8 Å². The first kappa shape index (κ1) is 19.8. The third-order valence-corrected chi connectivity index (χ3v) is 3.40. The lowest BCUT2D eigenvalue weighted by atomic mass is 10.1. The molecule has 0 unspecified atom stereocenters. The van der Waals surface area contributed by atoms with Gasteiger partial charge in [-0.25, -0.2) is 4.79 Å². The summed E-state index contributed by atoms with van der Waals surface area (Å²) in [6.07, 6.45) is 0.0746. The van der Waals surface area contributed by atoms with Crippen molar-refractivity contribution in [1.29, 1.82) is 0 Å². The van der Waals surface area contributed by atoms with Gasteiger partial charge in [0.2, 0.25) is 5.76 Å². The van der Waals surface area contributed by atoms with Gasteiger partial charge < -0.3 is 19.9 Å². The quantitative estimate of drug-likeness (QED) is 0.747. The number of ether oxygens (including phenoxy) is 1. The summed E-state index contributed by atoms with van der Waals surface area (Å²) in [6, 6.07) is 8.67. The highest BCUT2D eigenvalue weighted by molar-refractivity contribution is 6.30. The molecular formula is C18H22ClN3O4. The van der Waals surface area contributed by atoms with Gasteiger partial charge >= 0.3 is 6.09 Å². The zero-order valence-corrected chi connectivity index (χ0v) is 15.7. The van der Waals surface area contributed by atoms with Gasteiger partial charge in [-0.15, -0.1) is 0 Å². The predicted octanol–water partition coefficient (Wildman–Crippen LogP) is 3.64. The van der Waals surface area contributed by atoms with E-state index in [1.165, 1.54) is 0 Å². The molecule has 2 aromatic rings. The summed E-state index contributed by atoms with van der Waals surface area (Å²) in [6.45, 7) is 6.15. The maximum Gasteiger partial charge on any atom is 0.407 e. The number of hydrogen-bond acceptors (Lipinski definition) is 5. The van der Waals surface area contributed by atoms with Crippen LogP contribution in [0.4, 0.5) is 4.79 Å². The Morgan fingerprint density at radius 2 is 1.92 bits per heavy atom. The van der Waals surface area contributed by atoms with E-state index in [4.69, 9.17) is 20.9 Å². The monoisotopic (exact) mass is 379 g/mol. The number of carbonyl (C=O) groups is 2. The number of benzene rings is 1. The van der Waals surface area contributed by atoms with E-state index in [1.54, 1.807) is 45.0 Å². The molecule has 140 valence electrons. The Morgan fingerprint density at radius 3 is 2.62 bits per heavy atom. The molecule has 0 spiro atoms. The molecule has 0 atom stereocenters. The van der Waals surface area contributed by atoms with Crippen LogP contribution in [0.5, 0.6) is 0 Å². The molecule has 0 aliphatic carbocycles. The SMILES string of the molecule is CC(C)(C)OC(=O)NCCCNC(=O)c1cc(-c2cccc(Cl)c2)no1. The first-order valence-corrected chi connectivity index (χ1v) is 8.60. The highest BCUT2D eigenvalue weighted by Crippen LogP contribution is 2.22. The van der Waals surface area contributed by atoms with Crippen molar-refractivity contribution in [3.63, 3.8) is 0 Å². The summed E-state index contributed by atoms with van der Waals surface area (Å²) in [5, 5.41) is 9.79. The van der Waals surface area contributed by atoms with E-state index in [-0.39, 0.29) is 11.7 Å². The van der Waals surface area contributed by atoms with Crippen LogP contribution >= 0.6 is 11.6 Å². The van der Waals surface area contributed by atoms with Crippen LogP contribution < -0.4 is 10.6 Å². The molecule has 0 aliphatic rings. The van der Waals surface area contributed by atoms with Crippen molar-refractivity contribution in [3.05, 3.63) is 41.1 Å². The lowest BCUT2D eigenvalue weighted by Gasteiger charge is -2.19. The molecule has 0 saturated heterocycles. The van der Waals surface area contributed by atoms with E-state index in [0.717, 1.165) is 5.56 Å². The number of amides is 2. The van der Waals surface area contributed by atoms with Gasteiger partial charge in [0.05, 0.1) is 0 Å². The fourth-order valence-electron chi connectivity index (χ4n) is 2.05. The Morgan fingerprint density at radius 1 is 1.19 bits per heavy atom. The first-order valence-electron chi connectivity index (χ1n) is 8.22. The topological polar surface area (TPSA) is 93.5 Å². The van der Waals surface area contributed by atoms with Crippen molar-refractivity contribution in [3.8, 4) is 11.3 Å². The summed E-state index contributed by atoms with van der Waals surface area (Å²) in [7, 11) is 0. The summed E-state index contributed by atoms with van der Waals surface area (Å²) >= 11 is 5.94. The Bertz CT molecular complexity index is 768. The summed E-state index contributed by atoms with van der Waals surface area (Å²) in [5.41, 5.74) is 0.761. The van der Waals surface area contributed by atoms with Gasteiger partial charge in [-0.05, 0) is 39.3 Å². The molecule has 0 bridgehead atoms. The highest BCUT2D eigenvalue weighted by atomic mass is 35.5. The van der Waals surface area contributed by atoms with Crippen molar-refractivity contribution in [2.45, 2.75) is 32.8 Å². The van der Waals surface area contributed by atoms with Crippen LogP contribution in [-0.2, 0) is 4.74 Å². The number of hydrogen-bond donors (Lipinski definition) is 2. The predicted molar refractivity (Wildman–Crippen MR) is 98.1 cm³/mol. The molecule has 2 amide bonds. The number of halogens is 1. The molecule has 1 aromatic heterocycles. The van der Waals surface area contributed by atoms with Crippen LogP contribution in [0.2, 0.25) is 5.02 Å². The van der Waals surface area contributed by atoms with Gasteiger partial charge in [-0.1, -0.05) is 28.9 Å². The molecule has 1 heterocycles. The summed E-state index contributed by atoms with van der Waals surface area (Å²) in [5.74, 6) is -0.261. The number of aromatic nitrogens is 1. The maximum absolute atomic E-state index is 12.1. The van der Waals surface area contributed by atoms with E-state index in [2.05, 4.69) is 15.8 Å². The van der Waals surface area contributed by atoms with Crippen LogP contribution in [-0.4, -0.2) is 35.8 Å². The lowest BCUT2D eigenvalue weighted by molar-refractivity contribution is 0.0527. The number of alkyl carbamates (subject to hydrolysis) is 1. The van der Waals surface area contributed by atoms with Crippen LogP contribution in [0.25, 0.3) is 11.3 Å². The fraction of sp³-hybridized carbons (Fsp3) is 0.389. The lowest BCUT2D eigenvalue weighted by Crippen LogP contribution is -2.34. The largest absolute Gasteiger partial charge is 0.444 e. The van der Waals surface area contributed by atoms with Crippen LogP contribution in [0, 0.1) is 0 Å². The average Bonchev–Trinajstić information content (AvgIpc) is 3.02. The standard InChI is InChI=1S/C18H22ClN3O4/c1-18(2,3)25-17(24)21-9-5-8-20-16(23)15-11-14(22-26-15)12-6-4-7-13(19)10-12/h4,6-7,10-11H,5,8-9H2,1-3H3,(H,20,23)(H,21,24). The van der Waals surface area contributed by atoms with Gasteiger partial charge in [0, 0.05) is 29.7 Å². The van der Waals surface area contributed by atoms with Gasteiger partial charge in [-0.2, -0.15) is 0 Å². The van der Waals surface area contributed by atoms with Gasteiger partial charge in [0.15, 0.2) is 0 Å². The Kier molecular flexibility index (Phi) is 6.63. The first-order chi connectivity index (χ1) is 12.2. The third kappa shape index (κ3) is 6.40. The van der Waals surface area contributed by atoms with Crippen LogP contribution in [0.1, 0.15) is 37.7 Å². The molecule has 2 N–H and O–H groups in total. The minimum Gasteiger partial charge on any atom is -0.444 e. The van der Waals surface area contributed by atoms with Crippen molar-refractivity contribution >= 4 is 23.6 Å². The smallest absolute Gasteiger partial charge is 0.407 e. The second kappa shape index (κ2) is 8.71. The second-order valence-electron chi connectivity index (χ2n) is 6.62. The van der Waals surface area contributed by atoms with Gasteiger partial charge in [0.1, 0.15) is 11.3 Å². The minimum atomic E-state index is -0.536. The molecule has 8 heteroatoms. The Balaban J connectivity index is 1.74. The molecule has 0 aliphatic heterocycles. The Labute approximate surface area is 157 Å². The Hall–Kier alpha value is -2.54. The molecule has 26 heavy (non-hydrogen) atoms. The molecule has 7 nitrogen and oxygen atoms in total. The van der Waals surface area contributed by atoms with E-state index in [9.17, 15) is 9.59 Å². The second-order valence-corrected chi connectivity index (χ2v) is 7.06. The van der Waals surface area contributed by atoms with Crippen molar-refractivity contribution in [2.24, 2.45) is 0 Å². The minimum absolute atomic E-state index is 0.111. The highest BCUT2D eigenvalue weighted by Gasteiger charge is 2.16. The molecular weight excluding hydrogens is 358 g/mol. The van der Waals surface area contributed by atoms with E-state index in [0.29, 0.717) is 30.2 Å². The third-order valence-electron chi connectivity index (χ3n) is 3.16. The van der Waals surface area contributed by atoms with Gasteiger partial charge in [0.25, 0.3) is 5.91 Å². The van der Waals surface area contributed by atoms with E-state index >= 15 is 0 Å². The number of nitrogens with one attached hydrogen (secondary N) is 2. The van der Waals surface area contributed by atoms with E-state index in [1.807, 2.05) is 6.07 Å². The van der Waals surface area contributed by atoms with Gasteiger partial charge in [-0.3, -0.25) is 4.79 Å². The van der Waals surface area contributed by atoms with Crippen LogP contribution in [0.3, 0.4) is 0 Å². The molecule has 2 rings (SSSR count).